The summed E-state index contributed by atoms with van der Waals surface area (Å²) in [6, 6.07) is 3.52. The van der Waals surface area contributed by atoms with E-state index in [2.05, 4.69) is 5.32 Å². The Kier molecular flexibility index (Phi) is 8.81. The fourth-order valence-corrected chi connectivity index (χ4v) is 1.79. The largest absolute Gasteiger partial charge is 0.464 e. The maximum absolute atomic E-state index is 12.0. The molecule has 0 fully saturated rings. The third-order valence-electron chi connectivity index (χ3n) is 2.22. The van der Waals surface area contributed by atoms with Gasteiger partial charge in [0.1, 0.15) is 11.5 Å². The van der Waals surface area contributed by atoms with E-state index in [4.69, 9.17) is 13.9 Å². The van der Waals surface area contributed by atoms with Crippen LogP contribution in [0.2, 0.25) is 0 Å². The number of alkyl halides is 2. The van der Waals surface area contributed by atoms with Gasteiger partial charge >= 0.3 is 0 Å². The number of rotatable bonds is 11. The Morgan fingerprint density at radius 2 is 2.05 bits per heavy atom. The van der Waals surface area contributed by atoms with E-state index in [-0.39, 0.29) is 5.75 Å². The number of furan rings is 1. The molecule has 0 aliphatic rings. The first-order valence-corrected chi connectivity index (χ1v) is 7.02. The number of ether oxygens (including phenoxy) is 2. The van der Waals surface area contributed by atoms with Gasteiger partial charge in [-0.1, -0.05) is 11.8 Å². The first kappa shape index (κ1) is 16.4. The third-order valence-corrected chi connectivity index (χ3v) is 2.93. The van der Waals surface area contributed by atoms with Crippen molar-refractivity contribution in [2.75, 3.05) is 33.5 Å². The van der Waals surface area contributed by atoms with E-state index in [1.54, 1.807) is 19.2 Å². The molecular formula is C12H19F2NO3S. The second kappa shape index (κ2) is 10.2. The average Bonchev–Trinajstić information content (AvgIpc) is 2.83. The van der Waals surface area contributed by atoms with Crippen LogP contribution in [0, 0.1) is 0 Å². The summed E-state index contributed by atoms with van der Waals surface area (Å²) in [6.45, 7) is 3.02. The normalized spacial score (nSPS) is 11.4. The minimum atomic E-state index is -2.36. The van der Waals surface area contributed by atoms with Crippen LogP contribution in [0.5, 0.6) is 0 Å². The Hall–Kier alpha value is -0.630. The Morgan fingerprint density at radius 1 is 1.26 bits per heavy atom. The topological polar surface area (TPSA) is 43.6 Å². The lowest BCUT2D eigenvalue weighted by molar-refractivity contribution is 0.0717. The van der Waals surface area contributed by atoms with E-state index in [1.165, 1.54) is 0 Å². The van der Waals surface area contributed by atoms with E-state index in [1.807, 2.05) is 0 Å². The van der Waals surface area contributed by atoms with Gasteiger partial charge in [-0.25, -0.2) is 0 Å². The number of halogens is 2. The van der Waals surface area contributed by atoms with Gasteiger partial charge in [0.2, 0.25) is 0 Å². The van der Waals surface area contributed by atoms with Crippen molar-refractivity contribution < 1.29 is 22.7 Å². The van der Waals surface area contributed by atoms with Crippen molar-refractivity contribution in [3.8, 4) is 0 Å². The summed E-state index contributed by atoms with van der Waals surface area (Å²) in [7, 11) is 1.63. The zero-order valence-electron chi connectivity index (χ0n) is 10.9. The summed E-state index contributed by atoms with van der Waals surface area (Å²) >= 11 is 0.558. The number of hydrogen-bond donors (Lipinski definition) is 1. The van der Waals surface area contributed by atoms with Gasteiger partial charge in [0.15, 0.2) is 0 Å². The van der Waals surface area contributed by atoms with Crippen LogP contribution in [0.15, 0.2) is 16.5 Å². The minimum absolute atomic E-state index is 0.192. The molecule has 19 heavy (non-hydrogen) atoms. The maximum atomic E-state index is 12.0. The van der Waals surface area contributed by atoms with Crippen molar-refractivity contribution in [2.24, 2.45) is 0 Å². The van der Waals surface area contributed by atoms with Gasteiger partial charge < -0.3 is 19.2 Å². The lowest BCUT2D eigenvalue weighted by Gasteiger charge is -2.04. The van der Waals surface area contributed by atoms with Crippen LogP contribution in [-0.4, -0.2) is 39.2 Å². The maximum Gasteiger partial charge on any atom is 0.284 e. The second-order valence-electron chi connectivity index (χ2n) is 3.72. The van der Waals surface area contributed by atoms with Gasteiger partial charge in [-0.3, -0.25) is 0 Å². The summed E-state index contributed by atoms with van der Waals surface area (Å²) in [5.41, 5.74) is 0. The first-order valence-electron chi connectivity index (χ1n) is 5.97. The molecule has 1 aromatic heterocycles. The highest BCUT2D eigenvalue weighted by Gasteiger charge is 2.07. The van der Waals surface area contributed by atoms with Crippen LogP contribution in [0.3, 0.4) is 0 Å². The minimum Gasteiger partial charge on any atom is -0.464 e. The molecule has 0 aliphatic carbocycles. The van der Waals surface area contributed by atoms with Crippen molar-refractivity contribution in [1.29, 1.82) is 0 Å². The zero-order valence-corrected chi connectivity index (χ0v) is 11.7. The number of thioether (sulfide) groups is 1. The molecule has 0 saturated heterocycles. The van der Waals surface area contributed by atoms with Crippen molar-refractivity contribution >= 4 is 11.8 Å². The summed E-state index contributed by atoms with van der Waals surface area (Å²) < 4.78 is 39.5. The van der Waals surface area contributed by atoms with Crippen molar-refractivity contribution in [1.82, 2.24) is 5.32 Å². The van der Waals surface area contributed by atoms with E-state index in [0.717, 1.165) is 5.76 Å². The van der Waals surface area contributed by atoms with Crippen LogP contribution < -0.4 is 5.32 Å². The quantitative estimate of drug-likeness (QED) is 0.635. The van der Waals surface area contributed by atoms with Crippen LogP contribution in [0.4, 0.5) is 8.78 Å². The van der Waals surface area contributed by atoms with Crippen LogP contribution in [0.25, 0.3) is 0 Å². The molecular weight excluding hydrogens is 276 g/mol. The molecule has 0 amide bonds. The molecule has 1 aromatic rings. The Labute approximate surface area is 115 Å². The van der Waals surface area contributed by atoms with Gasteiger partial charge in [-0.2, -0.15) is 8.78 Å². The smallest absolute Gasteiger partial charge is 0.284 e. The van der Waals surface area contributed by atoms with E-state index in [0.29, 0.717) is 50.4 Å². The Morgan fingerprint density at radius 3 is 2.79 bits per heavy atom. The highest BCUT2D eigenvalue weighted by Crippen LogP contribution is 2.21. The second-order valence-corrected chi connectivity index (χ2v) is 4.70. The summed E-state index contributed by atoms with van der Waals surface area (Å²) in [4.78, 5) is 0. The van der Waals surface area contributed by atoms with Gasteiger partial charge in [-0.05, 0) is 12.1 Å². The highest BCUT2D eigenvalue weighted by molar-refractivity contribution is 7.98. The zero-order chi connectivity index (χ0) is 13.9. The highest BCUT2D eigenvalue weighted by atomic mass is 32.2. The van der Waals surface area contributed by atoms with Crippen LogP contribution in [-0.2, 0) is 21.8 Å². The molecule has 0 radical (unpaired) electrons. The molecule has 0 aromatic carbocycles. The van der Waals surface area contributed by atoms with Gasteiger partial charge in [0.05, 0.1) is 32.1 Å². The standard InChI is InChI=1S/C12H19F2NO3S/c1-16-6-7-17-5-4-15-8-10-2-3-11(18-10)9-19-12(13)14/h2-3,12,15H,4-9H2,1H3. The van der Waals surface area contributed by atoms with Crippen LogP contribution >= 0.6 is 11.8 Å². The van der Waals surface area contributed by atoms with E-state index in [9.17, 15) is 8.78 Å². The predicted molar refractivity (Wildman–Crippen MR) is 70.4 cm³/mol. The van der Waals surface area contributed by atoms with Gasteiger partial charge in [0, 0.05) is 13.7 Å². The van der Waals surface area contributed by atoms with E-state index < -0.39 is 5.76 Å². The number of nitrogens with one attached hydrogen (secondary N) is 1. The SMILES string of the molecule is COCCOCCNCc1ccc(CSC(F)F)o1. The molecule has 1 N–H and O–H groups in total. The first-order chi connectivity index (χ1) is 9.22. The van der Waals surface area contributed by atoms with Crippen molar-refractivity contribution in [2.45, 2.75) is 18.1 Å². The lowest BCUT2D eigenvalue weighted by Crippen LogP contribution is -2.19. The molecule has 4 nitrogen and oxygen atoms in total. The summed E-state index contributed by atoms with van der Waals surface area (Å²) in [5, 5.41) is 3.14. The molecule has 1 heterocycles. The summed E-state index contributed by atoms with van der Waals surface area (Å²) in [6.07, 6.45) is 0. The molecule has 0 aliphatic heterocycles. The molecule has 0 unspecified atom stereocenters. The molecule has 110 valence electrons. The third kappa shape index (κ3) is 8.20. The number of methoxy groups -OCH3 is 1. The van der Waals surface area contributed by atoms with Gasteiger partial charge in [-0.15, -0.1) is 0 Å². The monoisotopic (exact) mass is 295 g/mol. The number of hydrogen-bond acceptors (Lipinski definition) is 5. The average molecular weight is 295 g/mol. The fourth-order valence-electron chi connectivity index (χ4n) is 1.34. The predicted octanol–water partition coefficient (Wildman–Crippen LogP) is 2.49. The molecule has 0 saturated carbocycles. The Balaban J connectivity index is 2.06. The van der Waals surface area contributed by atoms with Gasteiger partial charge in [0.25, 0.3) is 5.76 Å². The molecule has 7 heteroatoms. The fraction of sp³-hybridized carbons (Fsp3) is 0.667. The Bertz CT molecular complexity index is 337. The van der Waals surface area contributed by atoms with Crippen LogP contribution in [0.1, 0.15) is 11.5 Å². The lowest BCUT2D eigenvalue weighted by atomic mass is 10.4. The summed E-state index contributed by atoms with van der Waals surface area (Å²) in [5.74, 6) is -0.867. The van der Waals surface area contributed by atoms with Crippen molar-refractivity contribution in [3.05, 3.63) is 23.7 Å². The molecule has 0 bridgehead atoms. The van der Waals surface area contributed by atoms with Crippen molar-refractivity contribution in [3.63, 3.8) is 0 Å². The van der Waals surface area contributed by atoms with E-state index >= 15 is 0 Å². The molecule has 0 atom stereocenters. The molecule has 0 spiro atoms. The molecule has 1 rings (SSSR count).